The minimum Gasteiger partial charge on any atom is -0.379 e. The number of hydrogen-bond acceptors (Lipinski definition) is 7. The third-order valence-corrected chi connectivity index (χ3v) is 5.14. The van der Waals surface area contributed by atoms with Gasteiger partial charge in [0.1, 0.15) is 0 Å². The Kier molecular flexibility index (Phi) is 9.59. The summed E-state index contributed by atoms with van der Waals surface area (Å²) in [5.41, 5.74) is 10.6. The van der Waals surface area contributed by atoms with Crippen molar-refractivity contribution in [2.45, 2.75) is 0 Å². The molecule has 1 heterocycles. The standard InChI is InChI=1S/C11H23N5O3S2/c12-1-7-20-21-8-2-14-11(18)16(10(13)17)9-15-3-5-19-6-4-15/h1-9,12H2,(H2,13,17)(H,14,18). The van der Waals surface area contributed by atoms with Crippen molar-refractivity contribution >= 4 is 33.7 Å². The van der Waals surface area contributed by atoms with Crippen LogP contribution in [0, 0.1) is 0 Å². The quantitative estimate of drug-likeness (QED) is 0.412. The molecule has 0 saturated carbocycles. The van der Waals surface area contributed by atoms with Gasteiger partial charge < -0.3 is 21.5 Å². The van der Waals surface area contributed by atoms with Crippen molar-refractivity contribution in [1.82, 2.24) is 15.1 Å². The van der Waals surface area contributed by atoms with Crippen molar-refractivity contribution in [1.29, 1.82) is 0 Å². The summed E-state index contributed by atoms with van der Waals surface area (Å²) in [4.78, 5) is 26.3. The number of nitrogens with one attached hydrogen (secondary N) is 1. The largest absolute Gasteiger partial charge is 0.379 e. The molecule has 1 fully saturated rings. The predicted molar refractivity (Wildman–Crippen MR) is 86.1 cm³/mol. The van der Waals surface area contributed by atoms with Crippen LogP contribution in [0.4, 0.5) is 9.59 Å². The molecule has 0 aromatic rings. The minimum absolute atomic E-state index is 0.194. The van der Waals surface area contributed by atoms with Crippen LogP contribution in [0.1, 0.15) is 0 Å². The number of rotatable bonds is 8. The SMILES string of the molecule is NCCSSCCNC(=O)N(CN1CCOCC1)C(N)=O. The van der Waals surface area contributed by atoms with E-state index in [0.717, 1.165) is 16.4 Å². The van der Waals surface area contributed by atoms with E-state index >= 15 is 0 Å². The lowest BCUT2D eigenvalue weighted by Gasteiger charge is -2.30. The minimum atomic E-state index is -0.746. The number of nitrogens with zero attached hydrogens (tertiary/aromatic N) is 2. The number of primary amides is 1. The molecule has 0 radical (unpaired) electrons. The second kappa shape index (κ2) is 11.0. The molecule has 1 aliphatic rings. The van der Waals surface area contributed by atoms with Crippen molar-refractivity contribution in [3.63, 3.8) is 0 Å². The predicted octanol–water partition coefficient (Wildman–Crippen LogP) is -0.293. The van der Waals surface area contributed by atoms with E-state index in [1.165, 1.54) is 0 Å². The Bertz CT molecular complexity index is 329. The second-order valence-electron chi connectivity index (χ2n) is 4.30. The Hall–Kier alpha value is -0.680. The van der Waals surface area contributed by atoms with Gasteiger partial charge in [0, 0.05) is 37.7 Å². The van der Waals surface area contributed by atoms with Crippen molar-refractivity contribution in [2.24, 2.45) is 11.5 Å². The van der Waals surface area contributed by atoms with E-state index in [9.17, 15) is 9.59 Å². The number of ether oxygens (including phenoxy) is 1. The summed E-state index contributed by atoms with van der Waals surface area (Å²) < 4.78 is 5.22. The highest BCUT2D eigenvalue weighted by Gasteiger charge is 2.22. The number of carbonyl (C=O) groups is 2. The van der Waals surface area contributed by atoms with E-state index in [-0.39, 0.29) is 6.67 Å². The van der Waals surface area contributed by atoms with E-state index < -0.39 is 12.1 Å². The molecule has 122 valence electrons. The van der Waals surface area contributed by atoms with Gasteiger partial charge in [0.2, 0.25) is 0 Å². The number of imide groups is 1. The Morgan fingerprint density at radius 2 is 1.90 bits per heavy atom. The first kappa shape index (κ1) is 18.4. The summed E-state index contributed by atoms with van der Waals surface area (Å²) in [6, 6.07) is -1.21. The van der Waals surface area contributed by atoms with Gasteiger partial charge in [0.05, 0.1) is 19.9 Å². The van der Waals surface area contributed by atoms with Gasteiger partial charge in [-0.2, -0.15) is 0 Å². The van der Waals surface area contributed by atoms with Crippen molar-refractivity contribution in [3.05, 3.63) is 0 Å². The summed E-state index contributed by atoms with van der Waals surface area (Å²) in [6.45, 7) is 3.88. The molecule has 0 aromatic carbocycles. The molecular weight excluding hydrogens is 314 g/mol. The molecule has 1 aliphatic heterocycles. The van der Waals surface area contributed by atoms with Crippen LogP contribution >= 0.6 is 21.6 Å². The van der Waals surface area contributed by atoms with Gasteiger partial charge in [-0.05, 0) is 0 Å². The molecule has 0 aromatic heterocycles. The van der Waals surface area contributed by atoms with E-state index in [1.54, 1.807) is 21.6 Å². The number of urea groups is 2. The monoisotopic (exact) mass is 337 g/mol. The molecule has 1 saturated heterocycles. The molecule has 0 aliphatic carbocycles. The van der Waals surface area contributed by atoms with Crippen molar-refractivity contribution < 1.29 is 14.3 Å². The smallest absolute Gasteiger partial charge is 0.326 e. The molecule has 0 atom stereocenters. The highest BCUT2D eigenvalue weighted by molar-refractivity contribution is 8.76. The summed E-state index contributed by atoms with van der Waals surface area (Å²) in [5, 5.41) is 2.69. The maximum Gasteiger partial charge on any atom is 0.326 e. The van der Waals surface area contributed by atoms with E-state index in [4.69, 9.17) is 16.2 Å². The van der Waals surface area contributed by atoms with E-state index in [1.807, 2.05) is 4.90 Å². The van der Waals surface area contributed by atoms with Crippen LogP contribution in [0.5, 0.6) is 0 Å². The zero-order chi connectivity index (χ0) is 15.5. The van der Waals surface area contributed by atoms with Gasteiger partial charge in [-0.1, -0.05) is 21.6 Å². The lowest BCUT2D eigenvalue weighted by atomic mass is 10.4. The van der Waals surface area contributed by atoms with E-state index in [0.29, 0.717) is 39.4 Å². The first-order valence-corrected chi connectivity index (χ1v) is 9.23. The molecule has 8 nitrogen and oxygen atoms in total. The Morgan fingerprint density at radius 1 is 1.24 bits per heavy atom. The Labute approximate surface area is 132 Å². The van der Waals surface area contributed by atoms with Crippen molar-refractivity contribution in [3.8, 4) is 0 Å². The number of carbonyl (C=O) groups excluding carboxylic acids is 2. The molecule has 5 N–H and O–H groups in total. The van der Waals surface area contributed by atoms with Crippen LogP contribution in [-0.2, 0) is 4.74 Å². The van der Waals surface area contributed by atoms with Gasteiger partial charge in [-0.3, -0.25) is 4.90 Å². The van der Waals surface area contributed by atoms with Crippen LogP contribution in [0.3, 0.4) is 0 Å². The second-order valence-corrected chi connectivity index (χ2v) is 7.00. The highest BCUT2D eigenvalue weighted by atomic mass is 33.1. The fourth-order valence-corrected chi connectivity index (χ4v) is 3.40. The molecule has 1 rings (SSSR count). The highest BCUT2D eigenvalue weighted by Crippen LogP contribution is 2.18. The maximum absolute atomic E-state index is 12.0. The fourth-order valence-electron chi connectivity index (χ4n) is 1.64. The molecule has 21 heavy (non-hydrogen) atoms. The van der Waals surface area contributed by atoms with Gasteiger partial charge in [0.15, 0.2) is 0 Å². The maximum atomic E-state index is 12.0. The average molecular weight is 337 g/mol. The van der Waals surface area contributed by atoms with Gasteiger partial charge >= 0.3 is 12.1 Å². The van der Waals surface area contributed by atoms with Crippen molar-refractivity contribution in [2.75, 3.05) is 57.6 Å². The number of hydrogen-bond donors (Lipinski definition) is 3. The summed E-state index contributed by atoms with van der Waals surface area (Å²) in [5.74, 6) is 1.63. The van der Waals surface area contributed by atoms with Crippen LogP contribution in [-0.4, -0.2) is 79.4 Å². The van der Waals surface area contributed by atoms with Gasteiger partial charge in [-0.25, -0.2) is 14.5 Å². The van der Waals surface area contributed by atoms with Crippen LogP contribution in [0.25, 0.3) is 0 Å². The first-order chi connectivity index (χ1) is 10.1. The van der Waals surface area contributed by atoms with Crippen LogP contribution < -0.4 is 16.8 Å². The van der Waals surface area contributed by atoms with E-state index in [2.05, 4.69) is 5.32 Å². The fraction of sp³-hybridized carbons (Fsp3) is 0.818. The molecule has 0 spiro atoms. The summed E-state index contributed by atoms with van der Waals surface area (Å²) >= 11 is 0. The molecule has 0 unspecified atom stereocenters. The zero-order valence-electron chi connectivity index (χ0n) is 12.0. The molecular formula is C11H23N5O3S2. The Morgan fingerprint density at radius 3 is 2.52 bits per heavy atom. The van der Waals surface area contributed by atoms with Crippen LogP contribution in [0.2, 0.25) is 0 Å². The number of amides is 4. The normalized spacial score (nSPS) is 15.7. The lowest BCUT2D eigenvalue weighted by Crippen LogP contribution is -2.53. The number of nitrogens with two attached hydrogens (primary N) is 2. The Balaban J connectivity index is 2.27. The summed E-state index contributed by atoms with van der Waals surface area (Å²) in [6.07, 6.45) is 0. The topological polar surface area (TPSA) is 114 Å². The third kappa shape index (κ3) is 7.77. The average Bonchev–Trinajstić information content (AvgIpc) is 2.49. The third-order valence-electron chi connectivity index (χ3n) is 2.70. The number of morpholine rings is 1. The molecule has 10 heteroatoms. The van der Waals surface area contributed by atoms with Gasteiger partial charge in [-0.15, -0.1) is 0 Å². The zero-order valence-corrected chi connectivity index (χ0v) is 13.6. The van der Waals surface area contributed by atoms with Gasteiger partial charge in [0.25, 0.3) is 0 Å². The summed E-state index contributed by atoms with van der Waals surface area (Å²) in [7, 11) is 3.30. The lowest BCUT2D eigenvalue weighted by molar-refractivity contribution is 0.0225. The van der Waals surface area contributed by atoms with Crippen LogP contribution in [0.15, 0.2) is 0 Å². The molecule has 4 amide bonds. The molecule has 0 bridgehead atoms. The first-order valence-electron chi connectivity index (χ1n) is 6.74.